The fourth-order valence-corrected chi connectivity index (χ4v) is 8.70. The van der Waals surface area contributed by atoms with Crippen LogP contribution >= 0.6 is 0 Å². The maximum absolute atomic E-state index is 6.68. The number of furan rings is 2. The molecule has 0 saturated carbocycles. The van der Waals surface area contributed by atoms with Crippen LogP contribution in [-0.2, 0) is 6.42 Å². The molecule has 0 amide bonds. The molecule has 0 N–H and O–H groups in total. The summed E-state index contributed by atoms with van der Waals surface area (Å²) < 4.78 is 12.9. The highest BCUT2D eigenvalue weighted by atomic mass is 16.3. The van der Waals surface area contributed by atoms with Crippen LogP contribution in [0.4, 0.5) is 0 Å². The average molecular weight is 691 g/mol. The van der Waals surface area contributed by atoms with Crippen molar-refractivity contribution in [3.05, 3.63) is 182 Å². The zero-order chi connectivity index (χ0) is 35.8. The lowest BCUT2D eigenvalue weighted by molar-refractivity contribution is 0.668. The zero-order valence-electron chi connectivity index (χ0n) is 29.8. The zero-order valence-corrected chi connectivity index (χ0v) is 29.8. The van der Waals surface area contributed by atoms with Crippen LogP contribution in [0, 0.1) is 0 Å². The minimum Gasteiger partial charge on any atom is -0.456 e. The van der Waals surface area contributed by atoms with Crippen molar-refractivity contribution < 1.29 is 8.83 Å². The van der Waals surface area contributed by atoms with Gasteiger partial charge in [0.25, 0.3) is 0 Å². The maximum Gasteiger partial charge on any atom is 0.136 e. The van der Waals surface area contributed by atoms with E-state index >= 15 is 0 Å². The molecule has 0 fully saturated rings. The second-order valence-corrected chi connectivity index (χ2v) is 14.3. The summed E-state index contributed by atoms with van der Waals surface area (Å²) in [5.41, 5.74) is 9.74. The van der Waals surface area contributed by atoms with E-state index in [-0.39, 0.29) is 0 Å². The van der Waals surface area contributed by atoms with Crippen LogP contribution in [0.2, 0.25) is 0 Å². The number of allylic oxidation sites excluding steroid dienone is 4. The van der Waals surface area contributed by atoms with E-state index in [0.717, 1.165) is 61.2 Å². The predicted octanol–water partition coefficient (Wildman–Crippen LogP) is 15.1. The van der Waals surface area contributed by atoms with Crippen LogP contribution in [0.3, 0.4) is 0 Å². The van der Waals surface area contributed by atoms with Gasteiger partial charge in [-0.05, 0) is 127 Å². The van der Waals surface area contributed by atoms with E-state index in [1.807, 2.05) is 19.1 Å². The summed E-state index contributed by atoms with van der Waals surface area (Å²) in [6.07, 6.45) is 9.38. The molecule has 0 aliphatic rings. The number of fused-ring (bicyclic) bond motifs is 11. The van der Waals surface area contributed by atoms with E-state index in [0.29, 0.717) is 0 Å². The minimum absolute atomic E-state index is 0.885. The van der Waals surface area contributed by atoms with Crippen LogP contribution in [0.5, 0.6) is 0 Å². The lowest BCUT2D eigenvalue weighted by Gasteiger charge is -2.18. The summed E-state index contributed by atoms with van der Waals surface area (Å²) in [4.78, 5) is 0. The van der Waals surface area contributed by atoms with E-state index in [9.17, 15) is 0 Å². The molecule has 0 unspecified atom stereocenters. The Morgan fingerprint density at radius 1 is 0.407 bits per heavy atom. The van der Waals surface area contributed by atoms with Crippen LogP contribution in [0.25, 0.3) is 109 Å². The second kappa shape index (κ2) is 12.1. The van der Waals surface area contributed by atoms with Gasteiger partial charge in [0.15, 0.2) is 0 Å². The average Bonchev–Trinajstić information content (AvgIpc) is 3.78. The van der Waals surface area contributed by atoms with Crippen molar-refractivity contribution in [1.82, 2.24) is 0 Å². The Hall–Kier alpha value is -6.90. The molecule has 0 saturated heterocycles. The molecule has 0 bridgehead atoms. The molecule has 0 aliphatic carbocycles. The molecule has 2 nitrogen and oxygen atoms in total. The lowest BCUT2D eigenvalue weighted by Crippen LogP contribution is -1.91. The van der Waals surface area contributed by atoms with Crippen molar-refractivity contribution >= 4 is 87.0 Å². The van der Waals surface area contributed by atoms with Gasteiger partial charge in [0.05, 0.1) is 0 Å². The summed E-state index contributed by atoms with van der Waals surface area (Å²) in [5, 5.41) is 14.3. The van der Waals surface area contributed by atoms with E-state index in [4.69, 9.17) is 8.83 Å². The van der Waals surface area contributed by atoms with Crippen molar-refractivity contribution in [1.29, 1.82) is 0 Å². The topological polar surface area (TPSA) is 26.3 Å². The molecule has 11 aromatic rings. The summed E-state index contributed by atoms with van der Waals surface area (Å²) in [6.45, 7) is 2.04. The van der Waals surface area contributed by atoms with E-state index in [1.165, 1.54) is 60.0 Å². The Labute approximate surface area is 311 Å². The summed E-state index contributed by atoms with van der Waals surface area (Å²) >= 11 is 0. The van der Waals surface area contributed by atoms with Crippen molar-refractivity contribution in [2.45, 2.75) is 13.3 Å². The largest absolute Gasteiger partial charge is 0.456 e. The first-order valence-electron chi connectivity index (χ1n) is 18.7. The fraction of sp³-hybridized carbons (Fsp3) is 0.0385. The molecule has 0 aliphatic heterocycles. The van der Waals surface area contributed by atoms with Gasteiger partial charge >= 0.3 is 0 Å². The number of benzene rings is 9. The third kappa shape index (κ3) is 4.74. The molecule has 54 heavy (non-hydrogen) atoms. The minimum atomic E-state index is 0.885. The Morgan fingerprint density at radius 3 is 1.80 bits per heavy atom. The molecule has 2 aromatic heterocycles. The smallest absolute Gasteiger partial charge is 0.136 e. The molecular weight excluding hydrogens is 657 g/mol. The first kappa shape index (κ1) is 30.7. The Balaban J connectivity index is 1.10. The van der Waals surface area contributed by atoms with Crippen LogP contribution in [0.15, 0.2) is 185 Å². The highest BCUT2D eigenvalue weighted by Gasteiger charge is 2.19. The number of hydrogen-bond acceptors (Lipinski definition) is 2. The Kier molecular flexibility index (Phi) is 6.87. The third-order valence-electron chi connectivity index (χ3n) is 11.2. The third-order valence-corrected chi connectivity index (χ3v) is 11.2. The lowest BCUT2D eigenvalue weighted by atomic mass is 9.85. The van der Waals surface area contributed by atoms with Gasteiger partial charge in [-0.2, -0.15) is 0 Å². The van der Waals surface area contributed by atoms with E-state index in [2.05, 4.69) is 164 Å². The van der Waals surface area contributed by atoms with Crippen molar-refractivity contribution in [2.24, 2.45) is 0 Å². The van der Waals surface area contributed by atoms with Gasteiger partial charge in [-0.15, -0.1) is 0 Å². The molecule has 2 heteroatoms. The van der Waals surface area contributed by atoms with Gasteiger partial charge in [-0.25, -0.2) is 0 Å². The van der Waals surface area contributed by atoms with Gasteiger partial charge in [-0.3, -0.25) is 0 Å². The molecule has 0 radical (unpaired) electrons. The van der Waals surface area contributed by atoms with Gasteiger partial charge in [0.1, 0.15) is 22.3 Å². The van der Waals surface area contributed by atoms with Crippen molar-refractivity contribution in [2.75, 3.05) is 0 Å². The molecule has 2 heterocycles. The Morgan fingerprint density at radius 2 is 1.04 bits per heavy atom. The SMILES string of the molecule is C/C=C\C=C/Cc1ccc2ccc(-c3c4ccccc4c(-c4ccc5c(c4)oc4ccc6cc7oc8ccccc8c7cc6c45)c4ccccc34)cc2c1. The predicted molar refractivity (Wildman–Crippen MR) is 230 cm³/mol. The number of para-hydroxylation sites is 1. The highest BCUT2D eigenvalue weighted by molar-refractivity contribution is 6.25. The number of rotatable bonds is 5. The standard InChI is InChI=1S/C52H34O2/c1-2-3-4-5-12-32-19-20-33-21-22-35(28-37(33)27-32)50-39-14-6-8-16-41(39)51(42-17-9-7-15-40(42)50)36-23-25-43-48(30-36)54-47-26-24-34-29-49-45(31-44(34)52(43)47)38-13-10-11-18-46(38)53-49/h2-11,13-31H,12H2,1H3/b3-2-,5-4-. The maximum atomic E-state index is 6.68. The second-order valence-electron chi connectivity index (χ2n) is 14.3. The van der Waals surface area contributed by atoms with Crippen molar-refractivity contribution in [3.8, 4) is 22.3 Å². The highest BCUT2D eigenvalue weighted by Crippen LogP contribution is 2.46. The fourth-order valence-electron chi connectivity index (χ4n) is 8.70. The summed E-state index contributed by atoms with van der Waals surface area (Å²) in [7, 11) is 0. The van der Waals surface area contributed by atoms with Gasteiger partial charge < -0.3 is 8.83 Å². The van der Waals surface area contributed by atoms with Crippen LogP contribution in [0.1, 0.15) is 12.5 Å². The molecule has 11 rings (SSSR count). The molecule has 9 aromatic carbocycles. The van der Waals surface area contributed by atoms with E-state index < -0.39 is 0 Å². The van der Waals surface area contributed by atoms with Crippen LogP contribution in [-0.4, -0.2) is 0 Å². The monoisotopic (exact) mass is 690 g/mol. The first-order chi connectivity index (χ1) is 26.7. The van der Waals surface area contributed by atoms with E-state index in [1.54, 1.807) is 0 Å². The molecule has 0 spiro atoms. The molecule has 254 valence electrons. The number of hydrogen-bond donors (Lipinski definition) is 0. The molecular formula is C52H34O2. The van der Waals surface area contributed by atoms with Gasteiger partial charge in [-0.1, -0.05) is 133 Å². The normalized spacial score (nSPS) is 12.5. The first-order valence-corrected chi connectivity index (χ1v) is 18.7. The molecule has 0 atom stereocenters. The quantitative estimate of drug-likeness (QED) is 0.133. The van der Waals surface area contributed by atoms with Crippen LogP contribution < -0.4 is 0 Å². The van der Waals surface area contributed by atoms with Gasteiger partial charge in [0, 0.05) is 21.5 Å². The summed E-state index contributed by atoms with van der Waals surface area (Å²) in [6, 6.07) is 55.2. The Bertz CT molecular complexity index is 3310. The van der Waals surface area contributed by atoms with Crippen molar-refractivity contribution in [3.63, 3.8) is 0 Å². The summed E-state index contributed by atoms with van der Waals surface area (Å²) in [5.74, 6) is 0. The van der Waals surface area contributed by atoms with Gasteiger partial charge in [0.2, 0.25) is 0 Å².